The highest BCUT2D eigenvalue weighted by Gasteiger charge is 2.23. The minimum atomic E-state index is -0.686. The third-order valence-electron chi connectivity index (χ3n) is 2.58. The number of thioether (sulfide) groups is 1. The Morgan fingerprint density at radius 3 is 2.56 bits per heavy atom. The molecule has 0 amide bonds. The van der Waals surface area contributed by atoms with E-state index in [4.69, 9.17) is 5.73 Å². The third-order valence-corrected chi connectivity index (χ3v) is 3.86. The molecule has 90 valence electrons. The summed E-state index contributed by atoms with van der Waals surface area (Å²) in [6.45, 7) is 2.42. The second-order valence-electron chi connectivity index (χ2n) is 4.16. The third kappa shape index (κ3) is 4.56. The molecule has 0 aliphatic carbocycles. The summed E-state index contributed by atoms with van der Waals surface area (Å²) >= 11 is 1.75. The van der Waals surface area contributed by atoms with Crippen LogP contribution in [0, 0.1) is 0 Å². The van der Waals surface area contributed by atoms with Gasteiger partial charge in [0.25, 0.3) is 0 Å². The molecule has 3 N–H and O–H groups in total. The molecule has 1 rings (SSSR count). The van der Waals surface area contributed by atoms with Gasteiger partial charge < -0.3 is 10.8 Å². The molecule has 1 aromatic rings. The number of hydrogen-bond donors (Lipinski definition) is 2. The van der Waals surface area contributed by atoms with Crippen LogP contribution in [0.3, 0.4) is 0 Å². The van der Waals surface area contributed by atoms with E-state index in [1.807, 2.05) is 18.2 Å². The molecule has 0 spiro atoms. The van der Waals surface area contributed by atoms with Crippen LogP contribution in [0.1, 0.15) is 25.3 Å². The Kier molecular flexibility index (Phi) is 5.88. The van der Waals surface area contributed by atoms with Gasteiger partial charge in [0.1, 0.15) is 0 Å². The van der Waals surface area contributed by atoms with E-state index in [0.29, 0.717) is 12.3 Å². The lowest BCUT2D eigenvalue weighted by Gasteiger charge is -2.25. The molecule has 1 unspecified atom stereocenters. The molecule has 3 heteroatoms. The molecule has 0 saturated carbocycles. The van der Waals surface area contributed by atoms with Gasteiger partial charge in [-0.3, -0.25) is 0 Å². The summed E-state index contributed by atoms with van der Waals surface area (Å²) in [5, 5.41) is 10.2. The minimum absolute atomic E-state index is 0.350. The standard InChI is InChI=1S/C13H21NOS/c1-2-8-13(15,10-14)11-16-9-12-6-4-3-5-7-12/h3-7,15H,2,8-11,14H2,1H3. The normalized spacial score (nSPS) is 14.7. The van der Waals surface area contributed by atoms with E-state index in [1.165, 1.54) is 5.56 Å². The molecule has 2 nitrogen and oxygen atoms in total. The molecule has 0 fully saturated rings. The van der Waals surface area contributed by atoms with Crippen LogP contribution >= 0.6 is 11.8 Å². The van der Waals surface area contributed by atoms with Crippen LogP contribution in [-0.4, -0.2) is 23.0 Å². The van der Waals surface area contributed by atoms with Gasteiger partial charge in [0.15, 0.2) is 0 Å². The van der Waals surface area contributed by atoms with Crippen molar-refractivity contribution < 1.29 is 5.11 Å². The number of rotatable bonds is 7. The lowest BCUT2D eigenvalue weighted by Crippen LogP contribution is -2.40. The van der Waals surface area contributed by atoms with Gasteiger partial charge in [-0.25, -0.2) is 0 Å². The maximum Gasteiger partial charge on any atom is 0.0859 e. The maximum atomic E-state index is 10.2. The van der Waals surface area contributed by atoms with E-state index in [-0.39, 0.29) is 0 Å². The first kappa shape index (κ1) is 13.6. The summed E-state index contributed by atoms with van der Waals surface area (Å²) in [7, 11) is 0. The van der Waals surface area contributed by atoms with Crippen molar-refractivity contribution in [3.05, 3.63) is 35.9 Å². The quantitative estimate of drug-likeness (QED) is 0.768. The van der Waals surface area contributed by atoms with E-state index in [1.54, 1.807) is 11.8 Å². The van der Waals surface area contributed by atoms with Crippen molar-refractivity contribution in [2.45, 2.75) is 31.1 Å². The van der Waals surface area contributed by atoms with E-state index < -0.39 is 5.60 Å². The average molecular weight is 239 g/mol. The Labute approximate surface area is 102 Å². The molecule has 0 aliphatic rings. The van der Waals surface area contributed by atoms with Crippen LogP contribution < -0.4 is 5.73 Å². The van der Waals surface area contributed by atoms with Gasteiger partial charge in [0.05, 0.1) is 5.60 Å². The highest BCUT2D eigenvalue weighted by molar-refractivity contribution is 7.98. The number of benzene rings is 1. The molecular formula is C13H21NOS. The summed E-state index contributed by atoms with van der Waals surface area (Å²) < 4.78 is 0. The van der Waals surface area contributed by atoms with Crippen LogP contribution in [0.15, 0.2) is 30.3 Å². The minimum Gasteiger partial charge on any atom is -0.388 e. The first-order valence-electron chi connectivity index (χ1n) is 5.74. The van der Waals surface area contributed by atoms with E-state index in [2.05, 4.69) is 19.1 Å². The largest absolute Gasteiger partial charge is 0.388 e. The zero-order valence-electron chi connectivity index (χ0n) is 9.86. The van der Waals surface area contributed by atoms with E-state index in [9.17, 15) is 5.11 Å². The fourth-order valence-corrected chi connectivity index (χ4v) is 2.80. The lowest BCUT2D eigenvalue weighted by molar-refractivity contribution is 0.0642. The van der Waals surface area contributed by atoms with Crippen LogP contribution in [0.4, 0.5) is 0 Å². The lowest BCUT2D eigenvalue weighted by atomic mass is 10.0. The predicted molar refractivity (Wildman–Crippen MR) is 71.5 cm³/mol. The molecule has 0 heterocycles. The molecule has 1 aromatic carbocycles. The van der Waals surface area contributed by atoms with Gasteiger partial charge in [-0.15, -0.1) is 0 Å². The van der Waals surface area contributed by atoms with E-state index >= 15 is 0 Å². The highest BCUT2D eigenvalue weighted by atomic mass is 32.2. The molecule has 0 saturated heterocycles. The van der Waals surface area contributed by atoms with Crippen molar-refractivity contribution in [1.82, 2.24) is 0 Å². The Hall–Kier alpha value is -0.510. The summed E-state index contributed by atoms with van der Waals surface area (Å²) in [5.74, 6) is 1.65. The van der Waals surface area contributed by atoms with Crippen LogP contribution in [-0.2, 0) is 5.75 Å². The monoisotopic (exact) mass is 239 g/mol. The zero-order valence-corrected chi connectivity index (χ0v) is 10.7. The number of nitrogens with two attached hydrogens (primary N) is 1. The fourth-order valence-electron chi connectivity index (χ4n) is 1.63. The zero-order chi connectivity index (χ0) is 11.9. The summed E-state index contributed by atoms with van der Waals surface area (Å²) in [6.07, 6.45) is 1.75. The second-order valence-corrected chi connectivity index (χ2v) is 5.14. The fraction of sp³-hybridized carbons (Fsp3) is 0.538. The van der Waals surface area contributed by atoms with Crippen molar-refractivity contribution >= 4 is 11.8 Å². The van der Waals surface area contributed by atoms with Gasteiger partial charge in [0.2, 0.25) is 0 Å². The van der Waals surface area contributed by atoms with Crippen molar-refractivity contribution in [2.24, 2.45) is 5.73 Å². The van der Waals surface area contributed by atoms with Gasteiger partial charge in [-0.05, 0) is 12.0 Å². The SMILES string of the molecule is CCCC(O)(CN)CSCc1ccccc1. The molecule has 16 heavy (non-hydrogen) atoms. The summed E-state index contributed by atoms with van der Waals surface area (Å²) in [6, 6.07) is 10.3. The number of hydrogen-bond acceptors (Lipinski definition) is 3. The first-order valence-corrected chi connectivity index (χ1v) is 6.90. The Balaban J connectivity index is 2.34. The maximum absolute atomic E-state index is 10.2. The predicted octanol–water partition coefficient (Wildman–Crippen LogP) is 2.41. The van der Waals surface area contributed by atoms with E-state index in [0.717, 1.165) is 18.6 Å². The summed E-state index contributed by atoms with van der Waals surface area (Å²) in [4.78, 5) is 0. The number of aliphatic hydroxyl groups is 1. The molecule has 1 atom stereocenters. The Bertz CT molecular complexity index is 291. The first-order chi connectivity index (χ1) is 7.70. The van der Waals surface area contributed by atoms with Gasteiger partial charge in [-0.1, -0.05) is 43.7 Å². The highest BCUT2D eigenvalue weighted by Crippen LogP contribution is 2.21. The Morgan fingerprint density at radius 2 is 2.00 bits per heavy atom. The second kappa shape index (κ2) is 6.94. The van der Waals surface area contributed by atoms with Crippen molar-refractivity contribution in [3.8, 4) is 0 Å². The molecule has 0 bridgehead atoms. The molecule has 0 aromatic heterocycles. The van der Waals surface area contributed by atoms with Crippen molar-refractivity contribution in [3.63, 3.8) is 0 Å². The molecular weight excluding hydrogens is 218 g/mol. The van der Waals surface area contributed by atoms with Gasteiger partial charge >= 0.3 is 0 Å². The molecule has 0 radical (unpaired) electrons. The van der Waals surface area contributed by atoms with Crippen LogP contribution in [0.2, 0.25) is 0 Å². The van der Waals surface area contributed by atoms with Crippen LogP contribution in [0.5, 0.6) is 0 Å². The van der Waals surface area contributed by atoms with Crippen LogP contribution in [0.25, 0.3) is 0 Å². The summed E-state index contributed by atoms with van der Waals surface area (Å²) in [5.41, 5.74) is 6.22. The smallest absolute Gasteiger partial charge is 0.0859 e. The van der Waals surface area contributed by atoms with Crippen molar-refractivity contribution in [2.75, 3.05) is 12.3 Å². The average Bonchev–Trinajstić information content (AvgIpc) is 2.31. The Morgan fingerprint density at radius 1 is 1.31 bits per heavy atom. The molecule has 0 aliphatic heterocycles. The van der Waals surface area contributed by atoms with Gasteiger partial charge in [0, 0.05) is 18.1 Å². The van der Waals surface area contributed by atoms with Crippen molar-refractivity contribution in [1.29, 1.82) is 0 Å². The topological polar surface area (TPSA) is 46.2 Å². The van der Waals surface area contributed by atoms with Gasteiger partial charge in [-0.2, -0.15) is 11.8 Å².